The summed E-state index contributed by atoms with van der Waals surface area (Å²) in [6.45, 7) is 1.96. The SMILES string of the molecule is Cc1cccc(NC2=C(Sc3ccccc3)C(=O)N(c3ccc(Cl)c(Cl)c3)C2=O)c1. The largest absolute Gasteiger partial charge is 0.350 e. The molecule has 3 aromatic carbocycles. The molecule has 150 valence electrons. The molecule has 0 unspecified atom stereocenters. The van der Waals surface area contributed by atoms with Crippen LogP contribution in [0.5, 0.6) is 0 Å². The average molecular weight is 455 g/mol. The van der Waals surface area contributed by atoms with Crippen molar-refractivity contribution >= 4 is 58.2 Å². The van der Waals surface area contributed by atoms with Crippen molar-refractivity contribution in [3.63, 3.8) is 0 Å². The highest BCUT2D eigenvalue weighted by molar-refractivity contribution is 8.04. The number of hydrogen-bond acceptors (Lipinski definition) is 4. The van der Waals surface area contributed by atoms with Crippen LogP contribution in [-0.4, -0.2) is 11.8 Å². The minimum Gasteiger partial charge on any atom is -0.350 e. The van der Waals surface area contributed by atoms with E-state index in [1.165, 1.54) is 17.8 Å². The van der Waals surface area contributed by atoms with E-state index in [-0.39, 0.29) is 10.7 Å². The van der Waals surface area contributed by atoms with E-state index in [4.69, 9.17) is 23.2 Å². The average Bonchev–Trinajstić information content (AvgIpc) is 2.95. The van der Waals surface area contributed by atoms with Crippen molar-refractivity contribution < 1.29 is 9.59 Å². The van der Waals surface area contributed by atoms with Gasteiger partial charge in [0.25, 0.3) is 11.8 Å². The molecule has 0 spiro atoms. The Hall–Kier alpha value is -2.73. The molecule has 0 bridgehead atoms. The zero-order valence-corrected chi connectivity index (χ0v) is 18.2. The summed E-state index contributed by atoms with van der Waals surface area (Å²) < 4.78 is 0. The lowest BCUT2D eigenvalue weighted by Gasteiger charge is -2.16. The maximum Gasteiger partial charge on any atom is 0.283 e. The fraction of sp³-hybridized carbons (Fsp3) is 0.0435. The first-order chi connectivity index (χ1) is 14.4. The van der Waals surface area contributed by atoms with E-state index < -0.39 is 11.8 Å². The zero-order valence-electron chi connectivity index (χ0n) is 15.9. The molecule has 1 aliphatic rings. The van der Waals surface area contributed by atoms with Crippen LogP contribution in [-0.2, 0) is 9.59 Å². The summed E-state index contributed by atoms with van der Waals surface area (Å²) in [5.74, 6) is -0.860. The number of nitrogens with zero attached hydrogens (tertiary/aromatic N) is 1. The Morgan fingerprint density at radius 1 is 0.833 bits per heavy atom. The van der Waals surface area contributed by atoms with Crippen molar-refractivity contribution in [2.24, 2.45) is 0 Å². The van der Waals surface area contributed by atoms with E-state index >= 15 is 0 Å². The number of aryl methyl sites for hydroxylation is 1. The van der Waals surface area contributed by atoms with Crippen LogP contribution in [0.1, 0.15) is 5.56 Å². The van der Waals surface area contributed by atoms with Gasteiger partial charge in [0.2, 0.25) is 0 Å². The fourth-order valence-electron chi connectivity index (χ4n) is 3.05. The third-order valence-electron chi connectivity index (χ3n) is 4.45. The van der Waals surface area contributed by atoms with Gasteiger partial charge < -0.3 is 5.32 Å². The van der Waals surface area contributed by atoms with Crippen molar-refractivity contribution in [3.8, 4) is 0 Å². The van der Waals surface area contributed by atoms with Crippen LogP contribution in [0.4, 0.5) is 11.4 Å². The summed E-state index contributed by atoms with van der Waals surface area (Å²) in [7, 11) is 0. The molecule has 7 heteroatoms. The summed E-state index contributed by atoms with van der Waals surface area (Å²) >= 11 is 13.4. The lowest BCUT2D eigenvalue weighted by Crippen LogP contribution is -2.32. The minimum atomic E-state index is -0.446. The summed E-state index contributed by atoms with van der Waals surface area (Å²) in [6.07, 6.45) is 0. The number of imide groups is 1. The topological polar surface area (TPSA) is 49.4 Å². The predicted octanol–water partition coefficient (Wildman–Crippen LogP) is 6.29. The lowest BCUT2D eigenvalue weighted by atomic mass is 10.2. The Morgan fingerprint density at radius 2 is 1.60 bits per heavy atom. The van der Waals surface area contributed by atoms with Gasteiger partial charge in [-0.05, 0) is 55.0 Å². The number of rotatable bonds is 5. The molecule has 0 atom stereocenters. The molecule has 30 heavy (non-hydrogen) atoms. The van der Waals surface area contributed by atoms with Gasteiger partial charge in [-0.1, -0.05) is 65.3 Å². The van der Waals surface area contributed by atoms with Crippen molar-refractivity contribution in [2.45, 2.75) is 11.8 Å². The Bertz CT molecular complexity index is 1180. The lowest BCUT2D eigenvalue weighted by molar-refractivity contribution is -0.120. The number of carbonyl (C=O) groups is 2. The molecule has 0 saturated carbocycles. The van der Waals surface area contributed by atoms with Gasteiger partial charge in [-0.15, -0.1) is 0 Å². The van der Waals surface area contributed by atoms with Crippen LogP contribution in [0.15, 0.2) is 88.3 Å². The van der Waals surface area contributed by atoms with Crippen molar-refractivity contribution in [3.05, 3.63) is 99.0 Å². The van der Waals surface area contributed by atoms with Crippen LogP contribution in [0, 0.1) is 6.92 Å². The normalized spacial score (nSPS) is 13.9. The summed E-state index contributed by atoms with van der Waals surface area (Å²) in [5, 5.41) is 3.77. The molecule has 0 saturated heterocycles. The van der Waals surface area contributed by atoms with Gasteiger partial charge in [0.15, 0.2) is 0 Å². The molecular weight excluding hydrogens is 439 g/mol. The minimum absolute atomic E-state index is 0.227. The summed E-state index contributed by atoms with van der Waals surface area (Å²) in [4.78, 5) is 28.9. The number of benzene rings is 3. The van der Waals surface area contributed by atoms with Crippen molar-refractivity contribution in [1.82, 2.24) is 0 Å². The molecular formula is C23H16Cl2N2O2S. The summed E-state index contributed by atoms with van der Waals surface area (Å²) in [6, 6.07) is 21.7. The van der Waals surface area contributed by atoms with E-state index in [2.05, 4.69) is 5.32 Å². The molecule has 1 heterocycles. The molecule has 0 aromatic heterocycles. The van der Waals surface area contributed by atoms with E-state index in [0.717, 1.165) is 21.0 Å². The molecule has 4 nitrogen and oxygen atoms in total. The number of amides is 2. The number of nitrogens with one attached hydrogen (secondary N) is 1. The molecule has 0 fully saturated rings. The zero-order chi connectivity index (χ0) is 21.3. The number of halogens is 2. The molecule has 0 aliphatic carbocycles. The van der Waals surface area contributed by atoms with Gasteiger partial charge in [0, 0.05) is 10.6 Å². The Balaban J connectivity index is 1.76. The standard InChI is InChI=1S/C23H16Cl2N2O2S/c1-14-6-5-7-15(12-14)26-20-21(30-17-8-3-2-4-9-17)23(29)27(22(20)28)16-10-11-18(24)19(25)13-16/h2-13,26H,1H3. The van der Waals surface area contributed by atoms with Gasteiger partial charge in [-0.25, -0.2) is 4.90 Å². The van der Waals surface area contributed by atoms with Crippen LogP contribution in [0.2, 0.25) is 10.0 Å². The van der Waals surface area contributed by atoms with Crippen LogP contribution in [0.3, 0.4) is 0 Å². The smallest absolute Gasteiger partial charge is 0.283 e. The van der Waals surface area contributed by atoms with Gasteiger partial charge >= 0.3 is 0 Å². The predicted molar refractivity (Wildman–Crippen MR) is 123 cm³/mol. The first-order valence-corrected chi connectivity index (χ1v) is 10.7. The van der Waals surface area contributed by atoms with Crippen LogP contribution < -0.4 is 10.2 Å². The second-order valence-electron chi connectivity index (χ2n) is 6.66. The van der Waals surface area contributed by atoms with Crippen molar-refractivity contribution in [1.29, 1.82) is 0 Å². The second-order valence-corrected chi connectivity index (χ2v) is 8.56. The number of anilines is 2. The third-order valence-corrected chi connectivity index (χ3v) is 6.28. The van der Waals surface area contributed by atoms with Crippen molar-refractivity contribution in [2.75, 3.05) is 10.2 Å². The molecule has 1 N–H and O–H groups in total. The maximum absolute atomic E-state index is 13.3. The van der Waals surface area contributed by atoms with Crippen LogP contribution in [0.25, 0.3) is 0 Å². The molecule has 3 aromatic rings. The first-order valence-electron chi connectivity index (χ1n) is 9.09. The van der Waals surface area contributed by atoms with Crippen LogP contribution >= 0.6 is 35.0 Å². The number of carbonyl (C=O) groups excluding carboxylic acids is 2. The molecule has 4 rings (SSSR count). The molecule has 2 amide bonds. The number of hydrogen-bond donors (Lipinski definition) is 1. The maximum atomic E-state index is 13.3. The third kappa shape index (κ3) is 4.10. The fourth-order valence-corrected chi connectivity index (χ4v) is 4.29. The van der Waals surface area contributed by atoms with Gasteiger partial charge in [0.05, 0.1) is 15.7 Å². The quantitative estimate of drug-likeness (QED) is 0.460. The highest BCUT2D eigenvalue weighted by Crippen LogP contribution is 2.39. The Labute approximate surface area is 188 Å². The van der Waals surface area contributed by atoms with Gasteiger partial charge in [0.1, 0.15) is 10.6 Å². The highest BCUT2D eigenvalue weighted by Gasteiger charge is 2.40. The highest BCUT2D eigenvalue weighted by atomic mass is 35.5. The first kappa shape index (κ1) is 20.5. The van der Waals surface area contributed by atoms with Gasteiger partial charge in [-0.3, -0.25) is 9.59 Å². The van der Waals surface area contributed by atoms with Gasteiger partial charge in [-0.2, -0.15) is 0 Å². The summed E-state index contributed by atoms with van der Waals surface area (Å²) in [5.41, 5.74) is 2.36. The van der Waals surface area contributed by atoms with E-state index in [1.807, 2.05) is 61.5 Å². The Morgan fingerprint density at radius 3 is 2.30 bits per heavy atom. The second kappa shape index (κ2) is 8.56. The molecule has 0 radical (unpaired) electrons. The van der Waals surface area contributed by atoms with E-state index in [1.54, 1.807) is 12.1 Å². The molecule has 1 aliphatic heterocycles. The Kier molecular flexibility index (Phi) is 5.86. The van der Waals surface area contributed by atoms with E-state index in [0.29, 0.717) is 15.6 Å². The van der Waals surface area contributed by atoms with E-state index in [9.17, 15) is 9.59 Å². The number of thioether (sulfide) groups is 1. The monoisotopic (exact) mass is 454 g/mol.